The van der Waals surface area contributed by atoms with Crippen LogP contribution in [-0.4, -0.2) is 73.6 Å². The van der Waals surface area contributed by atoms with E-state index in [1.54, 1.807) is 31.3 Å². The van der Waals surface area contributed by atoms with E-state index in [1.807, 2.05) is 55.5 Å². The molecule has 0 bridgehead atoms. The molecule has 1 aliphatic rings. The zero-order chi connectivity index (χ0) is 31.3. The van der Waals surface area contributed by atoms with Gasteiger partial charge in [0.1, 0.15) is 17.2 Å². The zero-order valence-electron chi connectivity index (χ0n) is 25.7. The molecule has 1 atom stereocenters. The highest BCUT2D eigenvalue weighted by atomic mass is 16.5. The number of rotatable bonds is 11. The van der Waals surface area contributed by atoms with Crippen LogP contribution in [0.4, 0.5) is 0 Å². The topological polar surface area (TPSA) is 129 Å². The molecule has 5 rings (SSSR count). The van der Waals surface area contributed by atoms with Crippen molar-refractivity contribution >= 4 is 11.8 Å². The number of nitrogens with zero attached hydrogens (tertiary/aromatic N) is 3. The molecule has 4 aromatic rings. The number of carbonyl (C=O) groups excluding carboxylic acids is 2. The molecule has 1 aliphatic heterocycles. The summed E-state index contributed by atoms with van der Waals surface area (Å²) in [7, 11) is 3.23. The van der Waals surface area contributed by atoms with Crippen LogP contribution in [0.2, 0.25) is 0 Å². The van der Waals surface area contributed by atoms with Crippen LogP contribution in [0, 0.1) is 0 Å². The predicted molar refractivity (Wildman–Crippen MR) is 165 cm³/mol. The van der Waals surface area contributed by atoms with Crippen molar-refractivity contribution in [2.75, 3.05) is 40.5 Å². The van der Waals surface area contributed by atoms with E-state index in [9.17, 15) is 9.59 Å². The van der Waals surface area contributed by atoms with E-state index < -0.39 is 0 Å². The standard InChI is InChI=1S/C17H22N2O3.C16H18N2O4/c1-3-4-5-6-11-18-17(20)16-12-15(19-22-16)13-7-9-14(21-2)10-8-13;1-11-10-21-8-7-18(11)16(19)14-9-15(22-17-14)12-3-5-13(20-2)6-4-12/h7-10,12H,3-6,11H2,1-2H3,(H,18,20);3-6,9,11H,7-8,10H2,1-2H3. The lowest BCUT2D eigenvalue weighted by Crippen LogP contribution is -2.47. The molecule has 2 aromatic heterocycles. The Morgan fingerprint density at radius 1 is 0.909 bits per heavy atom. The summed E-state index contributed by atoms with van der Waals surface area (Å²) in [4.78, 5) is 26.2. The summed E-state index contributed by atoms with van der Waals surface area (Å²) in [5.74, 6) is 2.00. The van der Waals surface area contributed by atoms with E-state index in [0.717, 1.165) is 35.5 Å². The molecule has 3 heterocycles. The van der Waals surface area contributed by atoms with Gasteiger partial charge >= 0.3 is 0 Å². The van der Waals surface area contributed by atoms with E-state index in [2.05, 4.69) is 22.6 Å². The number of benzene rings is 2. The molecule has 0 radical (unpaired) electrons. The minimum absolute atomic E-state index is 0.0439. The van der Waals surface area contributed by atoms with Crippen molar-refractivity contribution in [2.24, 2.45) is 0 Å². The van der Waals surface area contributed by atoms with Crippen LogP contribution in [0.3, 0.4) is 0 Å². The molecular weight excluding hydrogens is 564 g/mol. The maximum absolute atomic E-state index is 12.5. The minimum Gasteiger partial charge on any atom is -0.497 e. The van der Waals surface area contributed by atoms with Crippen LogP contribution in [-0.2, 0) is 4.74 Å². The minimum atomic E-state index is -0.219. The average Bonchev–Trinajstić information content (AvgIpc) is 3.76. The molecule has 1 fully saturated rings. The maximum Gasteiger partial charge on any atom is 0.289 e. The lowest BCUT2D eigenvalue weighted by atomic mass is 10.1. The molecule has 1 N–H and O–H groups in total. The Morgan fingerprint density at radius 3 is 2.23 bits per heavy atom. The Kier molecular flexibility index (Phi) is 11.9. The molecule has 234 valence electrons. The van der Waals surface area contributed by atoms with Gasteiger partial charge in [0.2, 0.25) is 5.76 Å². The molecule has 11 heteroatoms. The third kappa shape index (κ3) is 8.70. The van der Waals surface area contributed by atoms with E-state index >= 15 is 0 Å². The molecule has 0 spiro atoms. The number of aromatic nitrogens is 2. The summed E-state index contributed by atoms with van der Waals surface area (Å²) in [5, 5.41) is 10.7. The summed E-state index contributed by atoms with van der Waals surface area (Å²) < 4.78 is 26.0. The van der Waals surface area contributed by atoms with Crippen LogP contribution in [0.1, 0.15) is 60.6 Å². The van der Waals surface area contributed by atoms with Gasteiger partial charge in [0.25, 0.3) is 11.8 Å². The third-order valence-corrected chi connectivity index (χ3v) is 7.17. The van der Waals surface area contributed by atoms with E-state index in [1.165, 1.54) is 12.8 Å². The van der Waals surface area contributed by atoms with Gasteiger partial charge in [-0.05, 0) is 61.9 Å². The van der Waals surface area contributed by atoms with Gasteiger partial charge in [0.15, 0.2) is 11.5 Å². The Labute approximate surface area is 257 Å². The molecule has 1 saturated heterocycles. The second-order valence-electron chi connectivity index (χ2n) is 10.3. The van der Waals surface area contributed by atoms with E-state index in [-0.39, 0.29) is 23.6 Å². The SMILES string of the molecule is CCCCCCNC(=O)c1cc(-c2ccc(OC)cc2)no1.COc1ccc(-c2cc(C(=O)N3CCOCC3C)no2)cc1. The second kappa shape index (κ2) is 16.3. The van der Waals surface area contributed by atoms with Gasteiger partial charge in [0, 0.05) is 36.3 Å². The molecule has 1 unspecified atom stereocenters. The Balaban J connectivity index is 0.000000201. The van der Waals surface area contributed by atoms with Gasteiger partial charge in [-0.25, -0.2) is 0 Å². The maximum atomic E-state index is 12.5. The van der Waals surface area contributed by atoms with Crippen molar-refractivity contribution < 1.29 is 32.8 Å². The van der Waals surface area contributed by atoms with Gasteiger partial charge in [-0.3, -0.25) is 9.59 Å². The Bertz CT molecular complexity index is 1460. The number of unbranched alkanes of at least 4 members (excludes halogenated alkanes) is 3. The Hall–Kier alpha value is -4.64. The zero-order valence-corrected chi connectivity index (χ0v) is 25.7. The third-order valence-electron chi connectivity index (χ3n) is 7.17. The number of hydrogen-bond acceptors (Lipinski definition) is 9. The lowest BCUT2D eigenvalue weighted by molar-refractivity contribution is 0.00307. The van der Waals surface area contributed by atoms with Gasteiger partial charge in [0.05, 0.1) is 33.5 Å². The number of morpholine rings is 1. The van der Waals surface area contributed by atoms with Gasteiger partial charge < -0.3 is 33.5 Å². The predicted octanol–water partition coefficient (Wildman–Crippen LogP) is 5.87. The first-order valence-corrected chi connectivity index (χ1v) is 14.8. The number of nitrogens with one attached hydrogen (secondary N) is 1. The number of amides is 2. The van der Waals surface area contributed by atoms with Crippen LogP contribution >= 0.6 is 0 Å². The lowest BCUT2D eigenvalue weighted by Gasteiger charge is -2.32. The fourth-order valence-electron chi connectivity index (χ4n) is 4.56. The number of carbonyl (C=O) groups is 2. The van der Waals surface area contributed by atoms with Crippen LogP contribution in [0.15, 0.2) is 69.7 Å². The molecule has 2 aromatic carbocycles. The highest BCUT2D eigenvalue weighted by Gasteiger charge is 2.27. The van der Waals surface area contributed by atoms with Crippen molar-refractivity contribution in [1.29, 1.82) is 0 Å². The number of hydrogen-bond donors (Lipinski definition) is 1. The summed E-state index contributed by atoms with van der Waals surface area (Å²) in [6.45, 7) is 6.46. The van der Waals surface area contributed by atoms with Crippen LogP contribution in [0.5, 0.6) is 11.5 Å². The molecule has 0 saturated carbocycles. The van der Waals surface area contributed by atoms with Crippen molar-refractivity contribution in [3.8, 4) is 34.1 Å². The fourth-order valence-corrected chi connectivity index (χ4v) is 4.56. The van der Waals surface area contributed by atoms with Crippen molar-refractivity contribution in [3.05, 3.63) is 72.1 Å². The van der Waals surface area contributed by atoms with E-state index in [0.29, 0.717) is 43.5 Å². The van der Waals surface area contributed by atoms with Crippen molar-refractivity contribution in [2.45, 2.75) is 45.6 Å². The first kappa shape index (κ1) is 32.3. The Morgan fingerprint density at radius 2 is 1.59 bits per heavy atom. The molecule has 44 heavy (non-hydrogen) atoms. The summed E-state index contributed by atoms with van der Waals surface area (Å²) in [6, 6.07) is 18.2. The highest BCUT2D eigenvalue weighted by Crippen LogP contribution is 2.24. The number of ether oxygens (including phenoxy) is 3. The van der Waals surface area contributed by atoms with Gasteiger partial charge in [-0.15, -0.1) is 0 Å². The van der Waals surface area contributed by atoms with Gasteiger partial charge in [-0.2, -0.15) is 0 Å². The normalized spacial score (nSPS) is 14.4. The first-order valence-electron chi connectivity index (χ1n) is 14.8. The van der Waals surface area contributed by atoms with Crippen molar-refractivity contribution in [1.82, 2.24) is 20.5 Å². The van der Waals surface area contributed by atoms with Crippen LogP contribution < -0.4 is 14.8 Å². The quantitative estimate of drug-likeness (QED) is 0.209. The average molecular weight is 605 g/mol. The molecule has 2 amide bonds. The fraction of sp³-hybridized carbons (Fsp3) is 0.394. The summed E-state index contributed by atoms with van der Waals surface area (Å²) in [6.07, 6.45) is 4.49. The molecule has 0 aliphatic carbocycles. The van der Waals surface area contributed by atoms with Gasteiger partial charge in [-0.1, -0.05) is 36.5 Å². The van der Waals surface area contributed by atoms with E-state index in [4.69, 9.17) is 23.3 Å². The molecular formula is C33H40N4O7. The number of methoxy groups -OCH3 is 2. The first-order chi connectivity index (χ1) is 21.4. The molecule has 11 nitrogen and oxygen atoms in total. The smallest absolute Gasteiger partial charge is 0.289 e. The monoisotopic (exact) mass is 604 g/mol. The van der Waals surface area contributed by atoms with Crippen LogP contribution in [0.25, 0.3) is 22.6 Å². The second-order valence-corrected chi connectivity index (χ2v) is 10.3. The van der Waals surface area contributed by atoms with Crippen molar-refractivity contribution in [3.63, 3.8) is 0 Å². The highest BCUT2D eigenvalue weighted by molar-refractivity contribution is 5.93. The summed E-state index contributed by atoms with van der Waals surface area (Å²) >= 11 is 0. The summed E-state index contributed by atoms with van der Waals surface area (Å²) in [5.41, 5.74) is 2.69. The largest absolute Gasteiger partial charge is 0.497 e.